The fraction of sp³-hybridized carbons (Fsp3) is 0.143. The Balaban J connectivity index is 2.42. The van der Waals surface area contributed by atoms with E-state index in [0.29, 0.717) is 10.6 Å². The molecular weight excluding hydrogens is 174 g/mol. The summed E-state index contributed by atoms with van der Waals surface area (Å²) in [5.41, 5.74) is 0.412. The number of rotatable bonds is 0. The second-order valence-electron chi connectivity index (χ2n) is 2.58. The van der Waals surface area contributed by atoms with Gasteiger partial charge in [-0.15, -0.1) is 0 Å². The van der Waals surface area contributed by atoms with E-state index < -0.39 is 12.2 Å². The molecule has 6 nitrogen and oxygen atoms in total. The lowest BCUT2D eigenvalue weighted by atomic mass is 10.1. The highest BCUT2D eigenvalue weighted by molar-refractivity contribution is 6.34. The highest BCUT2D eigenvalue weighted by atomic mass is 16.5. The van der Waals surface area contributed by atoms with Gasteiger partial charge in [0.15, 0.2) is 11.9 Å². The Morgan fingerprint density at radius 1 is 1.38 bits per heavy atom. The van der Waals surface area contributed by atoms with Gasteiger partial charge in [0.2, 0.25) is 0 Å². The quantitative estimate of drug-likeness (QED) is 0.522. The van der Waals surface area contributed by atoms with E-state index in [4.69, 9.17) is 5.21 Å². The van der Waals surface area contributed by atoms with Gasteiger partial charge in [0.25, 0.3) is 0 Å². The van der Waals surface area contributed by atoms with Crippen molar-refractivity contribution in [1.29, 1.82) is 0 Å². The number of ketones is 1. The van der Waals surface area contributed by atoms with Crippen molar-refractivity contribution in [3.05, 3.63) is 11.6 Å². The van der Waals surface area contributed by atoms with Gasteiger partial charge in [0, 0.05) is 11.8 Å². The van der Waals surface area contributed by atoms with E-state index in [2.05, 4.69) is 9.98 Å². The smallest absolute Gasteiger partial charge is 0.288 e. The first-order valence-electron chi connectivity index (χ1n) is 3.53. The van der Waals surface area contributed by atoms with Gasteiger partial charge in [-0.3, -0.25) is 15.0 Å². The van der Waals surface area contributed by atoms with Crippen molar-refractivity contribution < 1.29 is 14.8 Å². The minimum atomic E-state index is -0.817. The van der Waals surface area contributed by atoms with Gasteiger partial charge in [-0.05, 0) is 6.08 Å². The number of dihydropyridines is 1. The maximum absolute atomic E-state index is 10.8. The molecule has 2 aliphatic heterocycles. The Kier molecular flexibility index (Phi) is 1.56. The molecule has 66 valence electrons. The molecule has 1 atom stereocenters. The molecule has 0 aliphatic carbocycles. The molecule has 0 aromatic carbocycles. The standard InChI is InChI=1S/C7H5N3O3/c11-5-1-4-2-9-7(12)10(13)6(4)8-3-5/h1-3,6,13H. The Morgan fingerprint density at radius 2 is 2.15 bits per heavy atom. The summed E-state index contributed by atoms with van der Waals surface area (Å²) in [5, 5.41) is 9.55. The normalized spacial score (nSPS) is 26.1. The summed E-state index contributed by atoms with van der Waals surface area (Å²) in [6, 6.07) is -0.784. The van der Waals surface area contributed by atoms with Crippen LogP contribution in [0, 0.1) is 0 Å². The number of fused-ring (bicyclic) bond motifs is 1. The molecule has 0 fully saturated rings. The molecule has 13 heavy (non-hydrogen) atoms. The molecule has 2 heterocycles. The van der Waals surface area contributed by atoms with Gasteiger partial charge in [-0.2, -0.15) is 10.1 Å². The molecule has 2 aliphatic rings. The third-order valence-corrected chi connectivity index (χ3v) is 1.70. The van der Waals surface area contributed by atoms with E-state index in [-0.39, 0.29) is 5.78 Å². The zero-order valence-corrected chi connectivity index (χ0v) is 6.41. The minimum Gasteiger partial charge on any atom is -0.288 e. The molecule has 2 amide bonds. The molecule has 2 rings (SSSR count). The number of hydrogen-bond donors (Lipinski definition) is 1. The lowest BCUT2D eigenvalue weighted by Gasteiger charge is -2.25. The van der Waals surface area contributed by atoms with Crippen molar-refractivity contribution in [3.8, 4) is 0 Å². The van der Waals surface area contributed by atoms with Gasteiger partial charge < -0.3 is 0 Å². The Morgan fingerprint density at radius 3 is 2.92 bits per heavy atom. The molecule has 0 radical (unpaired) electrons. The highest BCUT2D eigenvalue weighted by Gasteiger charge is 2.29. The van der Waals surface area contributed by atoms with Crippen LogP contribution in [-0.2, 0) is 4.79 Å². The highest BCUT2D eigenvalue weighted by Crippen LogP contribution is 2.16. The van der Waals surface area contributed by atoms with Gasteiger partial charge in [0.05, 0.1) is 6.21 Å². The monoisotopic (exact) mass is 179 g/mol. The molecule has 0 bridgehead atoms. The number of allylic oxidation sites excluding steroid dienone is 1. The summed E-state index contributed by atoms with van der Waals surface area (Å²) in [6.07, 6.45) is 2.75. The second kappa shape index (κ2) is 2.60. The average molecular weight is 179 g/mol. The van der Waals surface area contributed by atoms with Crippen LogP contribution in [0.3, 0.4) is 0 Å². The fourth-order valence-electron chi connectivity index (χ4n) is 1.11. The predicted octanol–water partition coefficient (Wildman–Crippen LogP) is -0.212. The molecule has 0 saturated heterocycles. The molecular formula is C7H5N3O3. The van der Waals surface area contributed by atoms with Crippen LogP contribution in [0.5, 0.6) is 0 Å². The van der Waals surface area contributed by atoms with Crippen molar-refractivity contribution in [1.82, 2.24) is 5.06 Å². The molecule has 6 heteroatoms. The number of amides is 2. The molecule has 1 unspecified atom stereocenters. The van der Waals surface area contributed by atoms with Crippen LogP contribution < -0.4 is 0 Å². The first-order chi connectivity index (χ1) is 6.18. The molecule has 0 aromatic rings. The van der Waals surface area contributed by atoms with E-state index in [1.807, 2.05) is 0 Å². The Labute approximate surface area is 72.8 Å². The fourth-order valence-corrected chi connectivity index (χ4v) is 1.11. The summed E-state index contributed by atoms with van der Waals surface area (Å²) >= 11 is 0. The topological polar surface area (TPSA) is 82.3 Å². The van der Waals surface area contributed by atoms with E-state index in [1.165, 1.54) is 12.3 Å². The van der Waals surface area contributed by atoms with Crippen LogP contribution in [-0.4, -0.2) is 40.7 Å². The summed E-state index contributed by atoms with van der Waals surface area (Å²) in [4.78, 5) is 28.7. The molecule has 0 saturated carbocycles. The summed E-state index contributed by atoms with van der Waals surface area (Å²) in [7, 11) is 0. The van der Waals surface area contributed by atoms with E-state index in [1.54, 1.807) is 0 Å². The van der Waals surface area contributed by atoms with Crippen molar-refractivity contribution in [2.75, 3.05) is 0 Å². The molecule has 0 spiro atoms. The van der Waals surface area contributed by atoms with Crippen molar-refractivity contribution in [2.24, 2.45) is 9.98 Å². The minimum absolute atomic E-state index is 0.277. The zero-order chi connectivity index (χ0) is 9.42. The summed E-state index contributed by atoms with van der Waals surface area (Å²) < 4.78 is 0. The lowest BCUT2D eigenvalue weighted by molar-refractivity contribution is -0.109. The van der Waals surface area contributed by atoms with Crippen LogP contribution in [0.15, 0.2) is 21.6 Å². The van der Waals surface area contributed by atoms with Crippen LogP contribution >= 0.6 is 0 Å². The second-order valence-corrected chi connectivity index (χ2v) is 2.58. The molecule has 0 aromatic heterocycles. The molecule has 1 N–H and O–H groups in total. The number of aliphatic imine (C=N–C) groups is 2. The van der Waals surface area contributed by atoms with Crippen molar-refractivity contribution in [3.63, 3.8) is 0 Å². The van der Waals surface area contributed by atoms with Crippen LogP contribution in [0.25, 0.3) is 0 Å². The van der Waals surface area contributed by atoms with Gasteiger partial charge in [-0.25, -0.2) is 4.79 Å². The average Bonchev–Trinajstić information content (AvgIpc) is 2.12. The number of urea groups is 1. The zero-order valence-electron chi connectivity index (χ0n) is 6.41. The van der Waals surface area contributed by atoms with E-state index >= 15 is 0 Å². The first-order valence-corrected chi connectivity index (χ1v) is 3.53. The van der Waals surface area contributed by atoms with Gasteiger partial charge in [0.1, 0.15) is 0 Å². The van der Waals surface area contributed by atoms with Crippen molar-refractivity contribution >= 4 is 24.2 Å². The largest absolute Gasteiger partial charge is 0.369 e. The number of carbonyl (C=O) groups is 2. The number of carbonyl (C=O) groups excluding carboxylic acids is 2. The first kappa shape index (κ1) is 7.81. The Bertz CT molecular complexity index is 369. The maximum Gasteiger partial charge on any atom is 0.369 e. The maximum atomic E-state index is 10.8. The van der Waals surface area contributed by atoms with Gasteiger partial charge >= 0.3 is 6.03 Å². The third kappa shape index (κ3) is 1.17. The van der Waals surface area contributed by atoms with Crippen LogP contribution in [0.2, 0.25) is 0 Å². The van der Waals surface area contributed by atoms with Gasteiger partial charge in [-0.1, -0.05) is 0 Å². The van der Waals surface area contributed by atoms with Crippen LogP contribution in [0.1, 0.15) is 0 Å². The van der Waals surface area contributed by atoms with E-state index in [9.17, 15) is 9.59 Å². The number of hydroxylamine groups is 2. The summed E-state index contributed by atoms with van der Waals surface area (Å²) in [6.45, 7) is 0. The number of hydrogen-bond acceptors (Lipinski definition) is 4. The van der Waals surface area contributed by atoms with Crippen LogP contribution in [0.4, 0.5) is 4.79 Å². The number of nitrogens with zero attached hydrogens (tertiary/aromatic N) is 3. The third-order valence-electron chi connectivity index (χ3n) is 1.70. The lowest BCUT2D eigenvalue weighted by Crippen LogP contribution is -2.41. The SMILES string of the molecule is O=C1C=NC2C(=C1)C=NC(=O)N2O. The Hall–Kier alpha value is -1.82. The van der Waals surface area contributed by atoms with Crippen molar-refractivity contribution in [2.45, 2.75) is 6.17 Å². The predicted molar refractivity (Wildman–Crippen MR) is 42.9 cm³/mol. The van der Waals surface area contributed by atoms with E-state index in [0.717, 1.165) is 6.21 Å². The summed E-state index contributed by atoms with van der Waals surface area (Å²) in [5.74, 6) is -0.277.